The Labute approximate surface area is 113 Å². The quantitative estimate of drug-likeness (QED) is 0.908. The fourth-order valence-corrected chi connectivity index (χ4v) is 4.57. The van der Waals surface area contributed by atoms with Gasteiger partial charge in [0.25, 0.3) is 0 Å². The molecular weight excluding hydrogens is 244 g/mol. The summed E-state index contributed by atoms with van der Waals surface area (Å²) in [4.78, 5) is 0. The molecule has 1 aliphatic carbocycles. The molecule has 0 aromatic carbocycles. The molecule has 3 heteroatoms. The summed E-state index contributed by atoms with van der Waals surface area (Å²) in [5.74, 6) is 0. The van der Waals surface area contributed by atoms with Gasteiger partial charge in [-0.15, -0.1) is 0 Å². The van der Waals surface area contributed by atoms with Crippen molar-refractivity contribution in [1.82, 2.24) is 0 Å². The molecule has 2 heterocycles. The molecule has 0 amide bonds. The summed E-state index contributed by atoms with van der Waals surface area (Å²) < 4.78 is 5.49. The van der Waals surface area contributed by atoms with E-state index in [1.54, 1.807) is 11.3 Å². The third-order valence-electron chi connectivity index (χ3n) is 5.09. The van der Waals surface area contributed by atoms with E-state index >= 15 is 0 Å². The van der Waals surface area contributed by atoms with Crippen molar-refractivity contribution in [3.05, 3.63) is 22.4 Å². The van der Waals surface area contributed by atoms with Gasteiger partial charge in [0.05, 0.1) is 5.60 Å². The van der Waals surface area contributed by atoms with Crippen LogP contribution in [0.15, 0.2) is 16.8 Å². The number of rotatable bonds is 3. The Balaban J connectivity index is 1.71. The molecule has 2 nitrogen and oxygen atoms in total. The molecule has 0 radical (unpaired) electrons. The van der Waals surface area contributed by atoms with E-state index in [2.05, 4.69) is 16.8 Å². The Hall–Kier alpha value is -0.380. The van der Waals surface area contributed by atoms with E-state index in [1.807, 2.05) is 0 Å². The molecule has 1 atom stereocenters. The second-order valence-corrected chi connectivity index (χ2v) is 6.69. The van der Waals surface area contributed by atoms with Gasteiger partial charge in [0.15, 0.2) is 0 Å². The minimum Gasteiger partial charge on any atom is -0.389 e. The maximum absolute atomic E-state index is 11.1. The van der Waals surface area contributed by atoms with E-state index in [-0.39, 0.29) is 5.41 Å². The molecule has 2 fully saturated rings. The van der Waals surface area contributed by atoms with Gasteiger partial charge in [-0.25, -0.2) is 0 Å². The van der Waals surface area contributed by atoms with E-state index < -0.39 is 5.60 Å². The molecule has 1 aromatic heterocycles. The van der Waals surface area contributed by atoms with Crippen molar-refractivity contribution in [1.29, 1.82) is 0 Å². The Morgan fingerprint density at radius 1 is 1.22 bits per heavy atom. The van der Waals surface area contributed by atoms with Crippen LogP contribution in [0.25, 0.3) is 0 Å². The van der Waals surface area contributed by atoms with Crippen LogP contribution in [-0.4, -0.2) is 23.9 Å². The van der Waals surface area contributed by atoms with Gasteiger partial charge in [0.1, 0.15) is 0 Å². The second-order valence-electron chi connectivity index (χ2n) is 5.91. The lowest BCUT2D eigenvalue weighted by molar-refractivity contribution is -0.117. The standard InChI is InChI=1S/C15H22O2S/c16-15(6-2-13-3-11-18-12-13)5-1-4-14(15)7-9-17-10-8-14/h3,11-12,16H,1-2,4-10H2. The number of aryl methyl sites for hydroxylation is 1. The molecule has 1 N–H and O–H groups in total. The molecule has 1 aromatic rings. The van der Waals surface area contributed by atoms with Crippen molar-refractivity contribution in [2.24, 2.45) is 5.41 Å². The largest absolute Gasteiger partial charge is 0.389 e. The topological polar surface area (TPSA) is 29.5 Å². The second kappa shape index (κ2) is 4.95. The number of aliphatic hydroxyl groups is 1. The molecule has 1 saturated carbocycles. The third kappa shape index (κ3) is 2.13. The minimum atomic E-state index is -0.446. The molecule has 18 heavy (non-hydrogen) atoms. The van der Waals surface area contributed by atoms with Crippen LogP contribution in [0.3, 0.4) is 0 Å². The molecule has 2 aliphatic rings. The van der Waals surface area contributed by atoms with Crippen LogP contribution in [0, 0.1) is 5.41 Å². The molecular formula is C15H22O2S. The predicted molar refractivity (Wildman–Crippen MR) is 73.9 cm³/mol. The van der Waals surface area contributed by atoms with E-state index in [1.165, 1.54) is 18.4 Å². The molecule has 1 spiro atoms. The summed E-state index contributed by atoms with van der Waals surface area (Å²) in [5.41, 5.74) is 1.09. The SMILES string of the molecule is OC1(CCc2ccsc2)CCCC12CCOCC2. The van der Waals surface area contributed by atoms with Gasteiger partial charge in [0.2, 0.25) is 0 Å². The monoisotopic (exact) mass is 266 g/mol. The van der Waals surface area contributed by atoms with Crippen LogP contribution in [0.5, 0.6) is 0 Å². The van der Waals surface area contributed by atoms with Crippen molar-refractivity contribution in [3.63, 3.8) is 0 Å². The highest BCUT2D eigenvalue weighted by atomic mass is 32.1. The van der Waals surface area contributed by atoms with E-state index in [0.717, 1.165) is 45.3 Å². The highest BCUT2D eigenvalue weighted by Crippen LogP contribution is 2.54. The van der Waals surface area contributed by atoms with E-state index in [9.17, 15) is 5.11 Å². The molecule has 0 bridgehead atoms. The van der Waals surface area contributed by atoms with E-state index in [4.69, 9.17) is 4.74 Å². The highest BCUT2D eigenvalue weighted by molar-refractivity contribution is 7.07. The molecule has 1 aliphatic heterocycles. The van der Waals surface area contributed by atoms with Gasteiger partial charge < -0.3 is 9.84 Å². The first-order valence-corrected chi connectivity index (χ1v) is 8.00. The van der Waals surface area contributed by atoms with Crippen LogP contribution in [-0.2, 0) is 11.2 Å². The average molecular weight is 266 g/mol. The lowest BCUT2D eigenvalue weighted by Gasteiger charge is -2.45. The predicted octanol–water partition coefficient (Wildman–Crippen LogP) is 3.39. The fraction of sp³-hybridized carbons (Fsp3) is 0.733. The average Bonchev–Trinajstić information content (AvgIpc) is 2.99. The van der Waals surface area contributed by atoms with Crippen molar-refractivity contribution < 1.29 is 9.84 Å². The molecule has 1 saturated heterocycles. The summed E-state index contributed by atoms with van der Waals surface area (Å²) in [7, 11) is 0. The summed E-state index contributed by atoms with van der Waals surface area (Å²) >= 11 is 1.75. The van der Waals surface area contributed by atoms with Crippen molar-refractivity contribution in [2.45, 2.75) is 50.5 Å². The Kier molecular flexibility index (Phi) is 3.48. The van der Waals surface area contributed by atoms with Gasteiger partial charge in [0, 0.05) is 18.6 Å². The lowest BCUT2D eigenvalue weighted by Crippen LogP contribution is -2.47. The van der Waals surface area contributed by atoms with Gasteiger partial charge in [-0.05, 0) is 67.3 Å². The Bertz CT molecular complexity index is 381. The third-order valence-corrected chi connectivity index (χ3v) is 5.82. The first kappa shape index (κ1) is 12.6. The summed E-state index contributed by atoms with van der Waals surface area (Å²) in [5, 5.41) is 15.4. The zero-order valence-corrected chi connectivity index (χ0v) is 11.7. The van der Waals surface area contributed by atoms with Crippen LogP contribution < -0.4 is 0 Å². The summed E-state index contributed by atoms with van der Waals surface area (Å²) in [6, 6.07) is 2.18. The fourth-order valence-electron chi connectivity index (χ4n) is 3.87. The van der Waals surface area contributed by atoms with Crippen LogP contribution in [0.1, 0.15) is 44.1 Å². The highest BCUT2D eigenvalue weighted by Gasteiger charge is 2.53. The summed E-state index contributed by atoms with van der Waals surface area (Å²) in [6.45, 7) is 1.67. The van der Waals surface area contributed by atoms with Crippen LogP contribution >= 0.6 is 11.3 Å². The Morgan fingerprint density at radius 2 is 2.06 bits per heavy atom. The van der Waals surface area contributed by atoms with Crippen molar-refractivity contribution in [2.75, 3.05) is 13.2 Å². The first-order valence-electron chi connectivity index (χ1n) is 7.05. The van der Waals surface area contributed by atoms with Crippen LogP contribution in [0.2, 0.25) is 0 Å². The first-order chi connectivity index (χ1) is 8.74. The van der Waals surface area contributed by atoms with Crippen molar-refractivity contribution >= 4 is 11.3 Å². The zero-order chi connectivity index (χ0) is 12.5. The van der Waals surface area contributed by atoms with Gasteiger partial charge in [-0.2, -0.15) is 11.3 Å². The molecule has 1 unspecified atom stereocenters. The van der Waals surface area contributed by atoms with Gasteiger partial charge in [-0.1, -0.05) is 0 Å². The normalized spacial score (nSPS) is 30.9. The van der Waals surface area contributed by atoms with E-state index in [0.29, 0.717) is 0 Å². The van der Waals surface area contributed by atoms with Crippen molar-refractivity contribution in [3.8, 4) is 0 Å². The molecule has 100 valence electrons. The Morgan fingerprint density at radius 3 is 2.78 bits per heavy atom. The maximum atomic E-state index is 11.1. The number of hydrogen-bond acceptors (Lipinski definition) is 3. The molecule has 3 rings (SSSR count). The maximum Gasteiger partial charge on any atom is 0.0708 e. The summed E-state index contributed by atoms with van der Waals surface area (Å²) in [6.07, 6.45) is 7.39. The number of hydrogen-bond donors (Lipinski definition) is 1. The van der Waals surface area contributed by atoms with Crippen LogP contribution in [0.4, 0.5) is 0 Å². The number of thiophene rings is 1. The number of ether oxygens (including phenoxy) is 1. The lowest BCUT2D eigenvalue weighted by atomic mass is 9.67. The zero-order valence-electron chi connectivity index (χ0n) is 10.9. The minimum absolute atomic E-state index is 0.154. The smallest absolute Gasteiger partial charge is 0.0708 e. The van der Waals surface area contributed by atoms with Gasteiger partial charge >= 0.3 is 0 Å². The van der Waals surface area contributed by atoms with Gasteiger partial charge in [-0.3, -0.25) is 0 Å².